The Morgan fingerprint density at radius 3 is 1.78 bits per heavy atom. The molecule has 4 heterocycles. The lowest BCUT2D eigenvalue weighted by molar-refractivity contribution is -0.172. The van der Waals surface area contributed by atoms with Gasteiger partial charge in [0.15, 0.2) is 5.60 Å². The van der Waals surface area contributed by atoms with Crippen LogP contribution in [0.2, 0.25) is 0 Å². The number of rotatable bonds is 47. The smallest absolute Gasteiger partial charge is 0.343 e. The highest BCUT2D eigenvalue weighted by atomic mass is 33.1. The molecule has 478 valence electrons. The van der Waals surface area contributed by atoms with E-state index in [0.717, 1.165) is 41.0 Å². The van der Waals surface area contributed by atoms with Crippen molar-refractivity contribution in [3.05, 3.63) is 61.7 Å². The highest BCUT2D eigenvalue weighted by molar-refractivity contribution is 8.77. The average molecular weight is 1240 g/mol. The van der Waals surface area contributed by atoms with Crippen molar-refractivity contribution in [2.75, 3.05) is 158 Å². The van der Waals surface area contributed by atoms with E-state index in [0.29, 0.717) is 174 Å². The fraction of sp³-hybridized carbons (Fsp3) is 0.721. The number of hydrogen-bond acceptors (Lipinski definition) is 20. The van der Waals surface area contributed by atoms with Gasteiger partial charge in [0.1, 0.15) is 12.4 Å². The van der Waals surface area contributed by atoms with Crippen LogP contribution in [-0.2, 0) is 96.4 Å². The van der Waals surface area contributed by atoms with Crippen molar-refractivity contribution in [1.82, 2.24) is 20.2 Å². The summed E-state index contributed by atoms with van der Waals surface area (Å²) >= 11 is 0. The third-order valence-corrected chi connectivity index (χ3v) is 17.8. The average Bonchev–Trinajstić information content (AvgIpc) is 1.84. The number of pyridine rings is 2. The second-order valence-electron chi connectivity index (χ2n) is 22.1. The van der Waals surface area contributed by atoms with Gasteiger partial charge in [0.05, 0.1) is 180 Å². The number of amides is 2. The maximum atomic E-state index is 15.4. The Bertz CT molecular complexity index is 2610. The number of unbranched alkanes of at least 4 members (excludes halogenated alkanes) is 2. The lowest BCUT2D eigenvalue weighted by Gasteiger charge is -2.31. The molecule has 0 spiro atoms. The first-order valence-corrected chi connectivity index (χ1v) is 32.5. The van der Waals surface area contributed by atoms with Crippen molar-refractivity contribution in [2.24, 2.45) is 5.92 Å². The Morgan fingerprint density at radius 2 is 1.26 bits per heavy atom. The molecule has 0 saturated heterocycles. The van der Waals surface area contributed by atoms with Gasteiger partial charge in [-0.05, 0) is 75.1 Å². The van der Waals surface area contributed by atoms with Gasteiger partial charge >= 0.3 is 5.97 Å². The first-order chi connectivity index (χ1) is 41.1. The molecule has 3 N–H and O–H groups in total. The number of hydrogen-bond donors (Lipinski definition) is 3. The second-order valence-corrected chi connectivity index (χ2v) is 25.1. The SMILES string of the molecule is CC[C@@]1(O)C(=O)OCc2c1cc1n(c2=O)Cc2c-1nc1cc(F)c(C)c3c1c2[C@@H](NC(=O)CSSC(C)(C)CNC(=O)CCOCCOCCOCCOCCOCCOCCOCCOCCOCCOCCOCCCCCC(C)C)CC3. The predicted molar refractivity (Wildman–Crippen MR) is 322 cm³/mol. The van der Waals surface area contributed by atoms with E-state index < -0.39 is 33.7 Å². The van der Waals surface area contributed by atoms with Gasteiger partial charge in [-0.25, -0.2) is 14.2 Å². The van der Waals surface area contributed by atoms with Gasteiger partial charge in [-0.15, -0.1) is 0 Å². The molecule has 0 bridgehead atoms. The summed E-state index contributed by atoms with van der Waals surface area (Å²) < 4.78 is 82.8. The van der Waals surface area contributed by atoms with Crippen LogP contribution in [0, 0.1) is 18.7 Å². The first kappa shape index (κ1) is 70.2. The van der Waals surface area contributed by atoms with Crippen LogP contribution in [0.4, 0.5) is 4.39 Å². The molecule has 3 aromatic rings. The Hall–Kier alpha value is -3.86. The fourth-order valence-corrected chi connectivity index (χ4v) is 12.3. The summed E-state index contributed by atoms with van der Waals surface area (Å²) in [7, 11) is 2.88. The van der Waals surface area contributed by atoms with E-state index in [1.54, 1.807) is 24.5 Å². The lowest BCUT2D eigenvalue weighted by atomic mass is 9.81. The molecule has 1 aliphatic carbocycles. The van der Waals surface area contributed by atoms with E-state index in [1.807, 2.05) is 13.8 Å². The largest absolute Gasteiger partial charge is 0.458 e. The van der Waals surface area contributed by atoms with Gasteiger partial charge in [0.25, 0.3) is 5.56 Å². The van der Waals surface area contributed by atoms with E-state index in [2.05, 4.69) is 24.5 Å². The number of nitrogens with one attached hydrogen (secondary N) is 2. The number of halogens is 1. The monoisotopic (exact) mass is 1240 g/mol. The third-order valence-electron chi connectivity index (χ3n) is 14.7. The summed E-state index contributed by atoms with van der Waals surface area (Å²) in [5.74, 6) is -0.653. The molecule has 2 atom stereocenters. The second kappa shape index (κ2) is 37.9. The van der Waals surface area contributed by atoms with E-state index >= 15 is 4.39 Å². The summed E-state index contributed by atoms with van der Waals surface area (Å²) in [6.07, 6.45) is 6.12. The van der Waals surface area contributed by atoms with Crippen LogP contribution in [0.5, 0.6) is 0 Å². The Kier molecular flexibility index (Phi) is 31.3. The Balaban J connectivity index is 0.707. The summed E-state index contributed by atoms with van der Waals surface area (Å²) in [4.78, 5) is 57.9. The van der Waals surface area contributed by atoms with Crippen LogP contribution in [-0.4, -0.2) is 195 Å². The van der Waals surface area contributed by atoms with Crippen molar-refractivity contribution < 1.29 is 80.7 Å². The van der Waals surface area contributed by atoms with Crippen LogP contribution in [0.15, 0.2) is 16.9 Å². The lowest BCUT2D eigenvalue weighted by Crippen LogP contribution is -2.44. The molecule has 6 rings (SSSR count). The number of cyclic esters (lactones) is 1. The number of ether oxygens (including phenoxy) is 12. The highest BCUT2D eigenvalue weighted by Crippen LogP contribution is 2.46. The topological polar surface area (TPSA) is 241 Å². The van der Waals surface area contributed by atoms with Crippen molar-refractivity contribution in [2.45, 2.75) is 122 Å². The molecule has 3 aliphatic rings. The molecular weight excluding hydrogens is 1140 g/mol. The minimum Gasteiger partial charge on any atom is -0.458 e. The minimum absolute atomic E-state index is 0.00120. The number of fused-ring (bicyclic) bond motifs is 5. The van der Waals surface area contributed by atoms with Crippen LogP contribution < -0.4 is 16.2 Å². The van der Waals surface area contributed by atoms with Crippen LogP contribution in [0.25, 0.3) is 22.3 Å². The number of aliphatic hydroxyl groups is 1. The number of aryl methyl sites for hydroxylation is 1. The van der Waals surface area contributed by atoms with Gasteiger partial charge in [-0.3, -0.25) is 14.4 Å². The first-order valence-electron chi connectivity index (χ1n) is 30.2. The van der Waals surface area contributed by atoms with Gasteiger partial charge in [0, 0.05) is 46.9 Å². The number of nitrogens with zero attached hydrogens (tertiary/aromatic N) is 2. The predicted octanol–water partition coefficient (Wildman–Crippen LogP) is 6.70. The zero-order valence-electron chi connectivity index (χ0n) is 50.9. The standard InChI is InChI=1S/C61H93FN4O17S2/c1-7-61(71)48-37-52-57-46(39-66(52)58(69)47(48)40-83-59(61)70)56-50(13-12-45-44(4)49(62)38-51(65-57)55(45)56)64-54(68)41-84-85-60(5,6)42-63-53(67)14-16-73-18-20-75-22-24-77-26-28-79-30-32-81-34-36-82-35-33-80-31-29-78-27-25-76-23-21-74-19-17-72-15-10-8-9-11-43(2)3/h37-38,43,50,71H,7-36,39-42H2,1-6H3,(H,63,67)(H,64,68)/t50-,61-/m0/s1. The van der Waals surface area contributed by atoms with E-state index in [9.17, 15) is 24.3 Å². The molecule has 0 fully saturated rings. The van der Waals surface area contributed by atoms with E-state index in [-0.39, 0.29) is 61.3 Å². The zero-order valence-corrected chi connectivity index (χ0v) is 52.6. The highest BCUT2D eigenvalue weighted by Gasteiger charge is 2.46. The minimum atomic E-state index is -1.99. The molecule has 2 aliphatic heterocycles. The Morgan fingerprint density at radius 1 is 0.741 bits per heavy atom. The zero-order chi connectivity index (χ0) is 60.9. The van der Waals surface area contributed by atoms with Gasteiger partial charge in [-0.1, -0.05) is 61.6 Å². The van der Waals surface area contributed by atoms with Crippen LogP contribution in [0.3, 0.4) is 0 Å². The molecule has 0 unspecified atom stereocenters. The maximum Gasteiger partial charge on any atom is 0.343 e. The van der Waals surface area contributed by atoms with E-state index in [1.165, 1.54) is 46.9 Å². The Labute approximate surface area is 508 Å². The van der Waals surface area contributed by atoms with Crippen molar-refractivity contribution in [3.63, 3.8) is 0 Å². The molecule has 0 saturated carbocycles. The normalized spacial score (nSPS) is 16.2. The van der Waals surface area contributed by atoms with Gasteiger partial charge in [0.2, 0.25) is 11.8 Å². The summed E-state index contributed by atoms with van der Waals surface area (Å²) in [6.45, 7) is 22.7. The molecule has 24 heteroatoms. The fourth-order valence-electron chi connectivity index (χ4n) is 10.0. The molecule has 2 amide bonds. The van der Waals surface area contributed by atoms with Crippen LogP contribution in [0.1, 0.15) is 119 Å². The summed E-state index contributed by atoms with van der Waals surface area (Å²) in [5, 5.41) is 18.3. The van der Waals surface area contributed by atoms with Gasteiger partial charge < -0.3 is 77.1 Å². The molecule has 2 aromatic heterocycles. The number of benzene rings is 1. The summed E-state index contributed by atoms with van der Waals surface area (Å²) in [6, 6.07) is 2.57. The van der Waals surface area contributed by atoms with Gasteiger partial charge in [-0.2, -0.15) is 0 Å². The maximum absolute atomic E-state index is 15.4. The number of esters is 1. The summed E-state index contributed by atoms with van der Waals surface area (Å²) in [5.41, 5.74) is 2.12. The van der Waals surface area contributed by atoms with Crippen molar-refractivity contribution >= 4 is 50.3 Å². The van der Waals surface area contributed by atoms with E-state index in [4.69, 9.17) is 61.8 Å². The quantitative estimate of drug-likeness (QED) is 0.0237. The molecule has 85 heavy (non-hydrogen) atoms. The van der Waals surface area contributed by atoms with Crippen LogP contribution >= 0.6 is 21.6 Å². The molecule has 21 nitrogen and oxygen atoms in total. The number of carbonyl (C=O) groups excluding carboxylic acids is 3. The van der Waals surface area contributed by atoms with Crippen molar-refractivity contribution in [3.8, 4) is 11.4 Å². The molecule has 0 radical (unpaired) electrons. The molecular formula is C61H93FN4O17S2. The number of aromatic nitrogens is 2. The third kappa shape index (κ3) is 22.6. The number of carbonyl (C=O) groups is 3. The van der Waals surface area contributed by atoms with Crippen molar-refractivity contribution in [1.29, 1.82) is 0 Å². The molecule has 1 aromatic carbocycles.